The first kappa shape index (κ1) is 23.7. The van der Waals surface area contributed by atoms with Crippen LogP contribution in [-0.2, 0) is 19.1 Å². The fourth-order valence-corrected chi connectivity index (χ4v) is 3.77. The van der Waals surface area contributed by atoms with Gasteiger partial charge in [0.2, 0.25) is 0 Å². The van der Waals surface area contributed by atoms with Crippen LogP contribution in [0.3, 0.4) is 0 Å². The van der Waals surface area contributed by atoms with Gasteiger partial charge in [-0.05, 0) is 30.7 Å². The molecule has 0 radical (unpaired) electrons. The van der Waals surface area contributed by atoms with E-state index in [2.05, 4.69) is 10.6 Å². The molecule has 172 valence electrons. The lowest BCUT2D eigenvalue weighted by Gasteiger charge is -2.07. The maximum Gasteiger partial charge on any atom is 0.350 e. The van der Waals surface area contributed by atoms with Crippen LogP contribution in [0.1, 0.15) is 33.6 Å². The van der Waals surface area contributed by atoms with Crippen LogP contribution in [-0.4, -0.2) is 43.5 Å². The summed E-state index contributed by atoms with van der Waals surface area (Å²) < 4.78 is 15.0. The van der Waals surface area contributed by atoms with Crippen molar-refractivity contribution in [3.05, 3.63) is 65.4 Å². The van der Waals surface area contributed by atoms with Gasteiger partial charge in [0.15, 0.2) is 12.4 Å². The average molecular weight is 471 g/mol. The lowest BCUT2D eigenvalue weighted by molar-refractivity contribution is -0.147. The minimum atomic E-state index is -0.661. The molecule has 33 heavy (non-hydrogen) atoms. The Hall–Kier alpha value is -3.92. The fourth-order valence-electron chi connectivity index (χ4n) is 2.75. The number of esters is 2. The van der Waals surface area contributed by atoms with Gasteiger partial charge in [0.05, 0.1) is 25.0 Å². The molecule has 2 aromatic heterocycles. The van der Waals surface area contributed by atoms with Crippen LogP contribution in [0.2, 0.25) is 0 Å². The van der Waals surface area contributed by atoms with Crippen LogP contribution in [0, 0.1) is 0 Å². The predicted octanol–water partition coefficient (Wildman–Crippen LogP) is 3.49. The molecule has 0 fully saturated rings. The van der Waals surface area contributed by atoms with Crippen molar-refractivity contribution in [2.45, 2.75) is 13.3 Å². The number of hydrogen-bond acceptors (Lipinski definition) is 8. The molecule has 0 spiro atoms. The number of rotatable bonds is 10. The van der Waals surface area contributed by atoms with Crippen molar-refractivity contribution in [3.8, 4) is 10.4 Å². The van der Waals surface area contributed by atoms with E-state index in [1.165, 1.54) is 23.7 Å². The quantitative estimate of drug-likeness (QED) is 0.435. The molecule has 1 aromatic carbocycles. The highest BCUT2D eigenvalue weighted by atomic mass is 32.1. The Morgan fingerprint density at radius 1 is 1.03 bits per heavy atom. The van der Waals surface area contributed by atoms with Gasteiger partial charge in [0.1, 0.15) is 4.88 Å². The number of carbonyl (C=O) groups excluding carboxylic acids is 4. The molecule has 10 heteroatoms. The minimum Gasteiger partial charge on any atom is -0.462 e. The van der Waals surface area contributed by atoms with E-state index >= 15 is 0 Å². The highest BCUT2D eigenvalue weighted by molar-refractivity contribution is 7.18. The monoisotopic (exact) mass is 470 g/mol. The van der Waals surface area contributed by atoms with E-state index in [0.29, 0.717) is 0 Å². The molecule has 0 bridgehead atoms. The van der Waals surface area contributed by atoms with Gasteiger partial charge in [-0.3, -0.25) is 14.4 Å². The Labute approximate surface area is 193 Å². The summed E-state index contributed by atoms with van der Waals surface area (Å²) >= 11 is 1.19. The van der Waals surface area contributed by atoms with E-state index in [4.69, 9.17) is 13.9 Å². The number of anilines is 1. The summed E-state index contributed by atoms with van der Waals surface area (Å²) in [5.74, 6) is -2.14. The molecule has 2 N–H and O–H groups in total. The van der Waals surface area contributed by atoms with Crippen LogP contribution in [0.4, 0.5) is 5.69 Å². The zero-order chi connectivity index (χ0) is 23.6. The molecule has 0 saturated carbocycles. The maximum absolute atomic E-state index is 12.3. The molecular formula is C23H22N2O7S. The zero-order valence-corrected chi connectivity index (χ0v) is 18.6. The first-order chi connectivity index (χ1) is 16.0. The molecule has 3 rings (SSSR count). The number of benzene rings is 1. The summed E-state index contributed by atoms with van der Waals surface area (Å²) in [5, 5.41) is 5.11. The second kappa shape index (κ2) is 11.6. The fraction of sp³-hybridized carbons (Fsp3) is 0.217. The molecule has 0 aliphatic rings. The second-order valence-corrected chi connectivity index (χ2v) is 7.68. The minimum absolute atomic E-state index is 0.0258. The van der Waals surface area contributed by atoms with Crippen molar-refractivity contribution in [3.63, 3.8) is 0 Å². The van der Waals surface area contributed by atoms with Gasteiger partial charge in [-0.1, -0.05) is 30.3 Å². The van der Waals surface area contributed by atoms with Crippen LogP contribution in [0.15, 0.2) is 59.2 Å². The van der Waals surface area contributed by atoms with Crippen molar-refractivity contribution >= 4 is 40.8 Å². The highest BCUT2D eigenvalue weighted by Crippen LogP contribution is 2.35. The van der Waals surface area contributed by atoms with E-state index in [-0.39, 0.29) is 35.9 Å². The molecule has 3 aromatic rings. The number of thiophene rings is 1. The number of carbonyl (C=O) groups is 4. The van der Waals surface area contributed by atoms with E-state index in [1.54, 1.807) is 19.1 Å². The van der Waals surface area contributed by atoms with Crippen molar-refractivity contribution in [2.24, 2.45) is 0 Å². The third-order valence-electron chi connectivity index (χ3n) is 4.25. The van der Waals surface area contributed by atoms with Crippen LogP contribution >= 0.6 is 11.3 Å². The van der Waals surface area contributed by atoms with Gasteiger partial charge < -0.3 is 24.5 Å². The third-order valence-corrected chi connectivity index (χ3v) is 5.41. The molecule has 0 aliphatic carbocycles. The van der Waals surface area contributed by atoms with Crippen LogP contribution < -0.4 is 10.6 Å². The topological polar surface area (TPSA) is 124 Å². The highest BCUT2D eigenvalue weighted by Gasteiger charge is 2.20. The molecular weight excluding hydrogens is 448 g/mol. The second-order valence-electron chi connectivity index (χ2n) is 6.63. The Morgan fingerprint density at radius 3 is 2.52 bits per heavy atom. The number of nitrogens with one attached hydrogen (secondary N) is 2. The summed E-state index contributed by atoms with van der Waals surface area (Å²) in [6.45, 7) is 1.37. The molecule has 0 aliphatic heterocycles. The lowest BCUT2D eigenvalue weighted by atomic mass is 10.2. The molecule has 0 unspecified atom stereocenters. The number of hydrogen-bond donors (Lipinski definition) is 2. The zero-order valence-electron chi connectivity index (χ0n) is 17.8. The number of amides is 2. The smallest absolute Gasteiger partial charge is 0.350 e. The number of furan rings is 1. The van der Waals surface area contributed by atoms with Gasteiger partial charge in [0, 0.05) is 11.4 Å². The van der Waals surface area contributed by atoms with Gasteiger partial charge in [-0.25, -0.2) is 4.79 Å². The molecule has 2 amide bonds. The van der Waals surface area contributed by atoms with Gasteiger partial charge in [-0.15, -0.1) is 11.3 Å². The summed E-state index contributed by atoms with van der Waals surface area (Å²) in [7, 11) is 0. The summed E-state index contributed by atoms with van der Waals surface area (Å²) in [6, 6.07) is 14.1. The Bertz CT molecular complexity index is 1110. The number of ether oxygens (including phenoxy) is 2. The maximum atomic E-state index is 12.3. The first-order valence-corrected chi connectivity index (χ1v) is 10.9. The van der Waals surface area contributed by atoms with Crippen LogP contribution in [0.5, 0.6) is 0 Å². The van der Waals surface area contributed by atoms with Crippen LogP contribution in [0.25, 0.3) is 10.4 Å². The van der Waals surface area contributed by atoms with Crippen molar-refractivity contribution in [1.29, 1.82) is 0 Å². The largest absolute Gasteiger partial charge is 0.462 e. The average Bonchev–Trinajstić information content (AvgIpc) is 3.49. The van der Waals surface area contributed by atoms with Gasteiger partial charge in [0.25, 0.3) is 11.8 Å². The molecule has 0 atom stereocenters. The van der Waals surface area contributed by atoms with E-state index in [0.717, 1.165) is 10.4 Å². The van der Waals surface area contributed by atoms with Gasteiger partial charge in [-0.2, -0.15) is 0 Å². The van der Waals surface area contributed by atoms with Gasteiger partial charge >= 0.3 is 11.9 Å². The van der Waals surface area contributed by atoms with Crippen molar-refractivity contribution in [1.82, 2.24) is 5.32 Å². The molecule has 0 saturated heterocycles. The molecule has 9 nitrogen and oxygen atoms in total. The first-order valence-electron chi connectivity index (χ1n) is 10.1. The summed E-state index contributed by atoms with van der Waals surface area (Å²) in [5.41, 5.74) is 1.17. The third kappa shape index (κ3) is 6.78. The SMILES string of the molecule is CCOC(=O)c1sc(-c2ccccc2)cc1NC(=O)COC(=O)CCNC(=O)c1ccco1. The van der Waals surface area contributed by atoms with Crippen molar-refractivity contribution < 1.29 is 33.1 Å². The van der Waals surface area contributed by atoms with E-state index < -0.39 is 30.4 Å². The Balaban J connectivity index is 1.53. The summed E-state index contributed by atoms with van der Waals surface area (Å²) in [4.78, 5) is 49.3. The predicted molar refractivity (Wildman–Crippen MR) is 121 cm³/mol. The standard InChI is InChI=1S/C23H22N2O7S/c1-2-30-23(29)21-16(13-18(33-21)15-7-4-3-5-8-15)25-19(26)14-32-20(27)10-11-24-22(28)17-9-6-12-31-17/h3-9,12-13H,2,10-11,14H2,1H3,(H,24,28)(H,25,26). The summed E-state index contributed by atoms with van der Waals surface area (Å²) in [6.07, 6.45) is 1.25. The molecule has 2 heterocycles. The van der Waals surface area contributed by atoms with E-state index in [1.807, 2.05) is 30.3 Å². The lowest BCUT2D eigenvalue weighted by Crippen LogP contribution is -2.27. The van der Waals surface area contributed by atoms with Crippen molar-refractivity contribution in [2.75, 3.05) is 25.1 Å². The Kier molecular flexibility index (Phi) is 8.36. The normalized spacial score (nSPS) is 10.3. The Morgan fingerprint density at radius 2 is 1.82 bits per heavy atom. The van der Waals surface area contributed by atoms with E-state index in [9.17, 15) is 19.2 Å².